The molecule has 0 aliphatic rings. The zero-order chi connectivity index (χ0) is 17.6. The molecular weight excluding hydrogens is 545 g/mol. The molecule has 24 heavy (non-hydrogen) atoms. The van der Waals surface area contributed by atoms with Crippen LogP contribution >= 0.6 is 0 Å². The summed E-state index contributed by atoms with van der Waals surface area (Å²) in [5.74, 6) is -21.1. The molecule has 0 saturated carbocycles. The number of aromatic hydroxyl groups is 2. The molecular formula is C12H4F8HgO3. The Labute approximate surface area is 139 Å². The van der Waals surface area contributed by atoms with E-state index in [-0.39, 0.29) is 5.48 Å². The standard InChI is InChI=1S/2C6HF4O.Hg.H2O/c2*7-2-1-3(8)5(10)6(11)4(2)9;;/h2*11H;;1H2. The molecule has 3 nitrogen and oxygen atoms in total. The van der Waals surface area contributed by atoms with Gasteiger partial charge in [-0.2, -0.15) is 0 Å². The topological polar surface area (TPSA) is 72.0 Å². The van der Waals surface area contributed by atoms with E-state index in [4.69, 9.17) is 10.2 Å². The van der Waals surface area contributed by atoms with Crippen molar-refractivity contribution in [1.82, 2.24) is 0 Å². The van der Waals surface area contributed by atoms with Gasteiger partial charge in [-0.3, -0.25) is 0 Å². The zero-order valence-corrected chi connectivity index (χ0v) is 16.6. The summed E-state index contributed by atoms with van der Waals surface area (Å²) in [5.41, 5.74) is 0. The summed E-state index contributed by atoms with van der Waals surface area (Å²) >= 11 is -4.06. The Morgan fingerprint density at radius 3 is 0.875 bits per heavy atom. The minimum atomic E-state index is -4.06. The summed E-state index contributed by atoms with van der Waals surface area (Å²) in [6, 6.07) is 0. The fourth-order valence-corrected chi connectivity index (χ4v) is 8.02. The van der Waals surface area contributed by atoms with E-state index in [0.717, 1.165) is 0 Å². The third-order valence-corrected chi connectivity index (χ3v) is 10.6. The van der Waals surface area contributed by atoms with E-state index in [1.807, 2.05) is 0 Å². The van der Waals surface area contributed by atoms with Crippen molar-refractivity contribution in [3.05, 3.63) is 46.5 Å². The molecule has 0 atom stereocenters. The number of hydrogen-bond donors (Lipinski definition) is 2. The molecule has 0 aliphatic carbocycles. The van der Waals surface area contributed by atoms with Gasteiger partial charge in [-0.1, -0.05) is 0 Å². The Balaban J connectivity index is 0.00000288. The fourth-order valence-electron chi connectivity index (χ4n) is 1.82. The van der Waals surface area contributed by atoms with Gasteiger partial charge in [0.05, 0.1) is 0 Å². The van der Waals surface area contributed by atoms with Gasteiger partial charge >= 0.3 is 134 Å². The first-order valence-corrected chi connectivity index (χ1v) is 11.2. The molecule has 0 heterocycles. The Morgan fingerprint density at radius 2 is 0.667 bits per heavy atom. The Hall–Kier alpha value is -1.62. The van der Waals surface area contributed by atoms with Crippen LogP contribution in [0.5, 0.6) is 11.5 Å². The van der Waals surface area contributed by atoms with Gasteiger partial charge in [0.25, 0.3) is 0 Å². The van der Waals surface area contributed by atoms with Crippen LogP contribution in [-0.4, -0.2) is 15.7 Å². The first-order chi connectivity index (χ1) is 10.6. The van der Waals surface area contributed by atoms with Crippen LogP contribution in [0.3, 0.4) is 0 Å². The van der Waals surface area contributed by atoms with E-state index in [0.29, 0.717) is 0 Å². The van der Waals surface area contributed by atoms with Crippen molar-refractivity contribution in [3.63, 3.8) is 0 Å². The second-order valence-electron chi connectivity index (χ2n) is 4.34. The maximum absolute atomic E-state index is 13.6. The van der Waals surface area contributed by atoms with Crippen LogP contribution in [0.25, 0.3) is 0 Å². The number of hydrogen-bond acceptors (Lipinski definition) is 2. The number of phenols is 2. The Bertz CT molecular complexity index is 701. The molecule has 0 radical (unpaired) electrons. The van der Waals surface area contributed by atoms with E-state index in [1.54, 1.807) is 0 Å². The van der Waals surface area contributed by atoms with Gasteiger partial charge < -0.3 is 5.48 Å². The van der Waals surface area contributed by atoms with Crippen LogP contribution in [0, 0.1) is 46.5 Å². The molecule has 0 amide bonds. The van der Waals surface area contributed by atoms with Gasteiger partial charge in [0, 0.05) is 0 Å². The SMILES string of the molecule is O.Oc1c(F)c(F)[c]([Hg][c]2c(F)c(F)c(O)c(F)c2F)c(F)c1F. The van der Waals surface area contributed by atoms with Crippen LogP contribution < -0.4 is 6.14 Å². The molecule has 0 aliphatic heterocycles. The third kappa shape index (κ3) is 3.01. The van der Waals surface area contributed by atoms with Crippen LogP contribution in [0.15, 0.2) is 0 Å². The van der Waals surface area contributed by atoms with Crippen LogP contribution in [0.4, 0.5) is 35.1 Å². The maximum atomic E-state index is 13.6. The molecule has 0 unspecified atom stereocenters. The Morgan fingerprint density at radius 1 is 0.458 bits per heavy atom. The molecule has 4 N–H and O–H groups in total. The average Bonchev–Trinajstić information content (AvgIpc) is 2.54. The second-order valence-corrected chi connectivity index (χ2v) is 11.2. The molecule has 0 spiro atoms. The van der Waals surface area contributed by atoms with Crippen molar-refractivity contribution in [3.8, 4) is 11.5 Å². The molecule has 2 rings (SSSR count). The van der Waals surface area contributed by atoms with E-state index in [2.05, 4.69) is 0 Å². The summed E-state index contributed by atoms with van der Waals surface area (Å²) in [5, 5.41) is 17.6. The molecule has 2 aromatic carbocycles. The van der Waals surface area contributed by atoms with Crippen molar-refractivity contribution < 1.29 is 75.4 Å². The van der Waals surface area contributed by atoms with Gasteiger partial charge in [-0.15, -0.1) is 0 Å². The summed E-state index contributed by atoms with van der Waals surface area (Å²) in [6.45, 7) is 0. The summed E-state index contributed by atoms with van der Waals surface area (Å²) < 4.78 is 104. The summed E-state index contributed by atoms with van der Waals surface area (Å²) in [6.07, 6.45) is 0. The van der Waals surface area contributed by atoms with Crippen LogP contribution in [0.1, 0.15) is 0 Å². The molecule has 12 heteroatoms. The molecule has 0 fully saturated rings. The van der Waals surface area contributed by atoms with Crippen LogP contribution in [0.2, 0.25) is 0 Å². The first-order valence-electron chi connectivity index (χ1n) is 5.67. The Kier molecular flexibility index (Phi) is 6.03. The quantitative estimate of drug-likeness (QED) is 0.339. The van der Waals surface area contributed by atoms with Gasteiger partial charge in [0.15, 0.2) is 0 Å². The van der Waals surface area contributed by atoms with Crippen molar-refractivity contribution in [2.75, 3.05) is 0 Å². The number of rotatable bonds is 2. The van der Waals surface area contributed by atoms with Crippen molar-refractivity contribution in [1.29, 1.82) is 0 Å². The van der Waals surface area contributed by atoms with E-state index < -0.39 is 88.8 Å². The van der Waals surface area contributed by atoms with Crippen molar-refractivity contribution >= 4 is 6.14 Å². The van der Waals surface area contributed by atoms with E-state index in [1.165, 1.54) is 0 Å². The summed E-state index contributed by atoms with van der Waals surface area (Å²) in [4.78, 5) is 0. The van der Waals surface area contributed by atoms with Gasteiger partial charge in [-0.05, 0) is 0 Å². The molecule has 0 aromatic heterocycles. The molecule has 2 aromatic rings. The van der Waals surface area contributed by atoms with Crippen molar-refractivity contribution in [2.24, 2.45) is 0 Å². The zero-order valence-electron chi connectivity index (χ0n) is 11.1. The minimum absolute atomic E-state index is 0. The molecule has 128 valence electrons. The number of phenolic OH excluding ortho intramolecular Hbond substituents is 2. The van der Waals surface area contributed by atoms with Gasteiger partial charge in [-0.25, -0.2) is 0 Å². The molecule has 0 saturated heterocycles. The predicted molar refractivity (Wildman–Crippen MR) is 58.8 cm³/mol. The van der Waals surface area contributed by atoms with Crippen LogP contribution in [-0.2, 0) is 24.6 Å². The summed E-state index contributed by atoms with van der Waals surface area (Å²) in [7, 11) is 0. The fraction of sp³-hybridized carbons (Fsp3) is 0. The number of halogens is 8. The van der Waals surface area contributed by atoms with Gasteiger partial charge in [0.1, 0.15) is 0 Å². The first kappa shape index (κ1) is 20.4. The average molecular weight is 549 g/mol. The van der Waals surface area contributed by atoms with E-state index in [9.17, 15) is 35.1 Å². The second kappa shape index (κ2) is 7.09. The normalized spacial score (nSPS) is 10.3. The molecule has 0 bridgehead atoms. The predicted octanol–water partition coefficient (Wildman–Crippen LogP) is 1.42. The monoisotopic (exact) mass is 550 g/mol. The van der Waals surface area contributed by atoms with E-state index >= 15 is 0 Å². The van der Waals surface area contributed by atoms with Crippen molar-refractivity contribution in [2.45, 2.75) is 0 Å². The number of benzene rings is 2. The third-order valence-electron chi connectivity index (χ3n) is 3.02. The van der Waals surface area contributed by atoms with Gasteiger partial charge in [0.2, 0.25) is 0 Å².